The minimum atomic E-state index is 0.808. The van der Waals surface area contributed by atoms with Crippen molar-refractivity contribution in [1.29, 1.82) is 0 Å². The Kier molecular flexibility index (Phi) is 4.00. The lowest BCUT2D eigenvalue weighted by Gasteiger charge is -2.05. The zero-order chi connectivity index (χ0) is 13.7. The summed E-state index contributed by atoms with van der Waals surface area (Å²) in [6.07, 6.45) is 7.16. The van der Waals surface area contributed by atoms with Crippen molar-refractivity contribution in [3.05, 3.63) is 59.2 Å². The first-order valence-electron chi connectivity index (χ1n) is 5.98. The Bertz CT molecular complexity index is 651. The summed E-state index contributed by atoms with van der Waals surface area (Å²) in [5.74, 6) is 3.41. The Morgan fingerprint density at radius 2 is 2.05 bits per heavy atom. The van der Waals surface area contributed by atoms with E-state index in [2.05, 4.69) is 10.9 Å². The van der Waals surface area contributed by atoms with Gasteiger partial charge in [0.05, 0.1) is 12.8 Å². The third kappa shape index (κ3) is 3.23. The van der Waals surface area contributed by atoms with Crippen molar-refractivity contribution >= 4 is 11.9 Å². The van der Waals surface area contributed by atoms with Crippen LogP contribution in [0.15, 0.2) is 47.5 Å². The molecule has 0 bridgehead atoms. The van der Waals surface area contributed by atoms with Crippen LogP contribution in [-0.2, 0) is 0 Å². The molecule has 2 aromatic rings. The molecule has 0 aliphatic rings. The first kappa shape index (κ1) is 12.9. The van der Waals surface area contributed by atoms with Crippen LogP contribution in [0.25, 0.3) is 0 Å². The zero-order valence-electron chi connectivity index (χ0n) is 11.1. The highest BCUT2D eigenvalue weighted by Gasteiger charge is 2.00. The molecule has 0 unspecified atom stereocenters. The van der Waals surface area contributed by atoms with Crippen LogP contribution < -0.4 is 4.74 Å². The molecule has 0 heterocycles. The molecule has 0 fully saturated rings. The Morgan fingerprint density at radius 1 is 1.21 bits per heavy atom. The van der Waals surface area contributed by atoms with Crippen LogP contribution >= 0.6 is 0 Å². The maximum atomic E-state index is 5.37. The van der Waals surface area contributed by atoms with Gasteiger partial charge in [-0.2, -0.15) is 0 Å². The zero-order valence-corrected chi connectivity index (χ0v) is 11.1. The molecule has 0 saturated carbocycles. The highest BCUT2D eigenvalue weighted by atomic mass is 16.5. The third-order valence-corrected chi connectivity index (χ3v) is 2.75. The maximum Gasteiger partial charge on any atom is 0.127 e. The quantitative estimate of drug-likeness (QED) is 0.600. The fourth-order valence-corrected chi connectivity index (χ4v) is 1.77. The molecule has 0 aliphatic carbocycles. The second-order valence-electron chi connectivity index (χ2n) is 4.20. The van der Waals surface area contributed by atoms with E-state index in [4.69, 9.17) is 11.2 Å². The monoisotopic (exact) mass is 249 g/mol. The lowest BCUT2D eigenvalue weighted by atomic mass is 10.1. The molecular weight excluding hydrogens is 234 g/mol. The number of aryl methyl sites for hydroxylation is 1. The largest absolute Gasteiger partial charge is 0.496 e. The highest BCUT2D eigenvalue weighted by molar-refractivity contribution is 5.85. The summed E-state index contributed by atoms with van der Waals surface area (Å²) >= 11 is 0. The summed E-state index contributed by atoms with van der Waals surface area (Å²) in [6, 6.07) is 13.6. The summed E-state index contributed by atoms with van der Waals surface area (Å²) in [6.45, 7) is 2.04. The van der Waals surface area contributed by atoms with Crippen molar-refractivity contribution < 1.29 is 4.74 Å². The van der Waals surface area contributed by atoms with E-state index in [1.165, 1.54) is 5.56 Å². The Balaban J connectivity index is 2.32. The van der Waals surface area contributed by atoms with E-state index in [0.29, 0.717) is 0 Å². The Morgan fingerprint density at radius 3 is 2.79 bits per heavy atom. The number of terminal acetylenes is 1. The van der Waals surface area contributed by atoms with Gasteiger partial charge in [0.25, 0.3) is 0 Å². The van der Waals surface area contributed by atoms with Crippen molar-refractivity contribution in [1.82, 2.24) is 0 Å². The number of aliphatic imine (C=N–C) groups is 1. The van der Waals surface area contributed by atoms with Crippen LogP contribution in [0.5, 0.6) is 5.75 Å². The van der Waals surface area contributed by atoms with Crippen molar-refractivity contribution in [2.45, 2.75) is 6.92 Å². The van der Waals surface area contributed by atoms with Gasteiger partial charge in [-0.1, -0.05) is 23.6 Å². The minimum absolute atomic E-state index is 0.808. The number of methoxy groups -OCH3 is 1. The second kappa shape index (κ2) is 5.88. The standard InChI is InChI=1S/C17H15NO/c1-4-14-6-5-7-16(11-14)18-12-15-10-13(2)8-9-17(15)19-3/h1,5-12H,2-3H3. The fourth-order valence-electron chi connectivity index (χ4n) is 1.77. The molecule has 2 rings (SSSR count). The van der Waals surface area contributed by atoms with E-state index in [1.54, 1.807) is 13.3 Å². The van der Waals surface area contributed by atoms with Gasteiger partial charge in [0.15, 0.2) is 0 Å². The van der Waals surface area contributed by atoms with Crippen molar-refractivity contribution in [3.8, 4) is 18.1 Å². The van der Waals surface area contributed by atoms with Gasteiger partial charge in [0, 0.05) is 17.3 Å². The molecule has 0 spiro atoms. The molecule has 0 aliphatic heterocycles. The van der Waals surface area contributed by atoms with Crippen LogP contribution in [0.1, 0.15) is 16.7 Å². The molecule has 19 heavy (non-hydrogen) atoms. The summed E-state index contributed by atoms with van der Waals surface area (Å²) in [5.41, 5.74) is 3.78. The number of hydrogen-bond donors (Lipinski definition) is 0. The van der Waals surface area contributed by atoms with E-state index in [-0.39, 0.29) is 0 Å². The molecule has 2 nitrogen and oxygen atoms in total. The molecule has 0 atom stereocenters. The van der Waals surface area contributed by atoms with Gasteiger partial charge in [-0.25, -0.2) is 0 Å². The number of ether oxygens (including phenoxy) is 1. The molecular formula is C17H15NO. The first-order chi connectivity index (χ1) is 9.22. The van der Waals surface area contributed by atoms with Gasteiger partial charge in [-0.15, -0.1) is 6.42 Å². The maximum absolute atomic E-state index is 5.37. The summed E-state index contributed by atoms with van der Waals surface area (Å²) in [7, 11) is 1.65. The SMILES string of the molecule is C#Cc1cccc(N=Cc2cc(C)ccc2OC)c1. The smallest absolute Gasteiger partial charge is 0.127 e. The van der Waals surface area contributed by atoms with E-state index < -0.39 is 0 Å². The lowest BCUT2D eigenvalue weighted by Crippen LogP contribution is -1.91. The average Bonchev–Trinajstić information content (AvgIpc) is 2.45. The van der Waals surface area contributed by atoms with Crippen LogP contribution in [0.2, 0.25) is 0 Å². The van der Waals surface area contributed by atoms with Crippen molar-refractivity contribution in [2.75, 3.05) is 7.11 Å². The number of hydrogen-bond acceptors (Lipinski definition) is 2. The molecule has 94 valence electrons. The summed E-state index contributed by atoms with van der Waals surface area (Å²) in [5, 5.41) is 0. The molecule has 0 aromatic heterocycles. The molecule has 0 N–H and O–H groups in total. The van der Waals surface area contributed by atoms with Gasteiger partial charge in [-0.3, -0.25) is 4.99 Å². The van der Waals surface area contributed by atoms with Gasteiger partial charge in [-0.05, 0) is 37.3 Å². The molecule has 2 aromatic carbocycles. The molecule has 0 radical (unpaired) electrons. The van der Waals surface area contributed by atoms with E-state index >= 15 is 0 Å². The van der Waals surface area contributed by atoms with Gasteiger partial charge in [0.2, 0.25) is 0 Å². The van der Waals surface area contributed by atoms with Crippen molar-refractivity contribution in [2.24, 2.45) is 4.99 Å². The van der Waals surface area contributed by atoms with Crippen LogP contribution in [0.4, 0.5) is 5.69 Å². The fraction of sp³-hybridized carbons (Fsp3) is 0.118. The van der Waals surface area contributed by atoms with E-state index in [1.807, 2.05) is 49.4 Å². The Hall–Kier alpha value is -2.53. The first-order valence-corrected chi connectivity index (χ1v) is 5.98. The van der Waals surface area contributed by atoms with Gasteiger partial charge in [0.1, 0.15) is 5.75 Å². The molecule has 2 heteroatoms. The van der Waals surface area contributed by atoms with Crippen LogP contribution in [-0.4, -0.2) is 13.3 Å². The van der Waals surface area contributed by atoms with Gasteiger partial charge < -0.3 is 4.74 Å². The third-order valence-electron chi connectivity index (χ3n) is 2.75. The minimum Gasteiger partial charge on any atom is -0.496 e. The summed E-state index contributed by atoms with van der Waals surface area (Å²) in [4.78, 5) is 4.43. The van der Waals surface area contributed by atoms with E-state index in [9.17, 15) is 0 Å². The number of nitrogens with zero attached hydrogens (tertiary/aromatic N) is 1. The van der Waals surface area contributed by atoms with E-state index in [0.717, 1.165) is 22.6 Å². The predicted octanol–water partition coefficient (Wildman–Crippen LogP) is 3.74. The number of benzene rings is 2. The van der Waals surface area contributed by atoms with Crippen LogP contribution in [0, 0.1) is 19.3 Å². The summed E-state index contributed by atoms with van der Waals surface area (Å²) < 4.78 is 5.31. The predicted molar refractivity (Wildman–Crippen MR) is 79.4 cm³/mol. The van der Waals surface area contributed by atoms with Gasteiger partial charge >= 0.3 is 0 Å². The topological polar surface area (TPSA) is 21.6 Å². The van der Waals surface area contributed by atoms with Crippen LogP contribution in [0.3, 0.4) is 0 Å². The highest BCUT2D eigenvalue weighted by Crippen LogP contribution is 2.19. The lowest BCUT2D eigenvalue weighted by molar-refractivity contribution is 0.414. The number of rotatable bonds is 3. The Labute approximate surface area is 113 Å². The normalized spacial score (nSPS) is 10.4. The van der Waals surface area contributed by atoms with Crippen molar-refractivity contribution in [3.63, 3.8) is 0 Å². The molecule has 0 amide bonds. The molecule has 0 saturated heterocycles. The average molecular weight is 249 g/mol. The second-order valence-corrected chi connectivity index (χ2v) is 4.20.